The molecule has 2 atom stereocenters. The Kier molecular flexibility index (Phi) is 4.98. The lowest BCUT2D eigenvalue weighted by molar-refractivity contribution is -0.384. The minimum atomic E-state index is -1.63. The van der Waals surface area contributed by atoms with E-state index in [0.717, 1.165) is 12.1 Å². The average Bonchev–Trinajstić information content (AvgIpc) is 2.38. The summed E-state index contributed by atoms with van der Waals surface area (Å²) in [4.78, 5) is 32.1. The predicted molar refractivity (Wildman–Crippen MR) is 66.9 cm³/mol. The van der Waals surface area contributed by atoms with Crippen molar-refractivity contribution in [1.29, 1.82) is 0 Å². The van der Waals surface area contributed by atoms with Gasteiger partial charge in [-0.2, -0.15) is 0 Å². The molecule has 1 aromatic carbocycles. The number of non-ortho nitro benzene ring substituents is 1. The van der Waals surface area contributed by atoms with E-state index in [9.17, 15) is 19.7 Å². The topological polar surface area (TPSA) is 145 Å². The molecular formula is C11H13N3O6. The molecule has 0 radical (unpaired) electrons. The number of nitrogens with one attached hydrogen (secondary N) is 1. The van der Waals surface area contributed by atoms with Crippen LogP contribution in [-0.2, 0) is 9.59 Å². The van der Waals surface area contributed by atoms with Crippen LogP contribution >= 0.6 is 0 Å². The Labute approximate surface area is 113 Å². The highest BCUT2D eigenvalue weighted by Crippen LogP contribution is 2.18. The minimum absolute atomic E-state index is 0.0629. The predicted octanol–water partition coefficient (Wildman–Crippen LogP) is -0.152. The molecule has 0 aliphatic heterocycles. The Morgan fingerprint density at radius 3 is 2.35 bits per heavy atom. The van der Waals surface area contributed by atoms with Crippen molar-refractivity contribution in [1.82, 2.24) is 5.32 Å². The number of nitro groups is 1. The Balaban J connectivity index is 2.78. The highest BCUT2D eigenvalue weighted by atomic mass is 16.6. The fourth-order valence-electron chi connectivity index (χ4n) is 1.18. The normalized spacial score (nSPS) is 13.1. The molecule has 0 heterocycles. The van der Waals surface area contributed by atoms with Crippen LogP contribution in [0.3, 0.4) is 0 Å². The molecule has 1 rings (SSSR count). The zero-order valence-corrected chi connectivity index (χ0v) is 10.5. The van der Waals surface area contributed by atoms with Crippen LogP contribution in [0, 0.1) is 10.1 Å². The Morgan fingerprint density at radius 2 is 1.95 bits per heavy atom. The molecule has 9 nitrogen and oxygen atoms in total. The van der Waals surface area contributed by atoms with Crippen LogP contribution in [0.15, 0.2) is 24.3 Å². The zero-order chi connectivity index (χ0) is 15.3. The van der Waals surface area contributed by atoms with E-state index >= 15 is 0 Å². The number of rotatable bonds is 6. The smallest absolute Gasteiger partial charge is 0.366 e. The number of carboxylic acid groups (broad SMARTS) is 1. The standard InChI is InChI=1S/C11H13N3O6/c1-6(12)9(15)13-10(11(16)17)20-8-4-2-7(3-5-8)14(18)19/h2-6,10H,12H2,1H3,(H,13,15)(H,16,17). The lowest BCUT2D eigenvalue weighted by atomic mass is 10.3. The largest absolute Gasteiger partial charge is 0.477 e. The molecule has 0 bridgehead atoms. The van der Waals surface area contributed by atoms with E-state index in [1.54, 1.807) is 0 Å². The van der Waals surface area contributed by atoms with Crippen molar-refractivity contribution in [3.8, 4) is 5.75 Å². The van der Waals surface area contributed by atoms with Crippen LogP contribution in [0.1, 0.15) is 6.92 Å². The van der Waals surface area contributed by atoms with Crippen LogP contribution in [0.2, 0.25) is 0 Å². The lowest BCUT2D eigenvalue weighted by Gasteiger charge is -2.17. The monoisotopic (exact) mass is 283 g/mol. The fourth-order valence-corrected chi connectivity index (χ4v) is 1.18. The molecule has 1 amide bonds. The second-order valence-electron chi connectivity index (χ2n) is 3.88. The van der Waals surface area contributed by atoms with E-state index in [1.807, 2.05) is 0 Å². The third-order valence-electron chi connectivity index (χ3n) is 2.21. The SMILES string of the molecule is CC(N)C(=O)NC(Oc1ccc([N+](=O)[O-])cc1)C(=O)O. The summed E-state index contributed by atoms with van der Waals surface area (Å²) in [5.74, 6) is -2.05. The van der Waals surface area contributed by atoms with E-state index in [4.69, 9.17) is 15.6 Å². The fraction of sp³-hybridized carbons (Fsp3) is 0.273. The van der Waals surface area contributed by atoms with Gasteiger partial charge in [-0.05, 0) is 19.1 Å². The molecule has 1 aromatic rings. The summed E-state index contributed by atoms with van der Waals surface area (Å²) in [7, 11) is 0. The van der Waals surface area contributed by atoms with E-state index in [0.29, 0.717) is 0 Å². The molecule has 9 heteroatoms. The quantitative estimate of drug-likeness (QED) is 0.374. The van der Waals surface area contributed by atoms with Crippen LogP contribution in [0.4, 0.5) is 5.69 Å². The van der Waals surface area contributed by atoms with Crippen LogP contribution < -0.4 is 15.8 Å². The van der Waals surface area contributed by atoms with Gasteiger partial charge in [0, 0.05) is 12.1 Å². The summed E-state index contributed by atoms with van der Waals surface area (Å²) < 4.78 is 5.02. The maximum Gasteiger partial charge on any atom is 0.366 e. The van der Waals surface area contributed by atoms with Gasteiger partial charge >= 0.3 is 5.97 Å². The first kappa shape index (κ1) is 15.4. The van der Waals surface area contributed by atoms with Gasteiger partial charge in [-0.25, -0.2) is 4.79 Å². The number of ether oxygens (including phenoxy) is 1. The number of hydrogen-bond acceptors (Lipinski definition) is 6. The summed E-state index contributed by atoms with van der Waals surface area (Å²) >= 11 is 0. The van der Waals surface area contributed by atoms with Gasteiger partial charge in [0.05, 0.1) is 11.0 Å². The average molecular weight is 283 g/mol. The molecule has 2 unspecified atom stereocenters. The number of aliphatic carboxylic acids is 1. The van der Waals surface area contributed by atoms with Gasteiger partial charge in [0.15, 0.2) is 0 Å². The van der Waals surface area contributed by atoms with Gasteiger partial charge in [-0.1, -0.05) is 0 Å². The van der Waals surface area contributed by atoms with Crippen molar-refractivity contribution < 1.29 is 24.4 Å². The Bertz CT molecular complexity index is 513. The molecule has 0 saturated heterocycles. The third kappa shape index (κ3) is 4.21. The summed E-state index contributed by atoms with van der Waals surface area (Å²) in [5.41, 5.74) is 5.13. The maximum atomic E-state index is 11.3. The number of amides is 1. The molecule has 4 N–H and O–H groups in total. The van der Waals surface area contributed by atoms with Crippen molar-refractivity contribution in [3.05, 3.63) is 34.4 Å². The van der Waals surface area contributed by atoms with E-state index in [2.05, 4.69) is 5.32 Å². The number of carbonyl (C=O) groups excluding carboxylic acids is 1. The van der Waals surface area contributed by atoms with Crippen molar-refractivity contribution in [2.45, 2.75) is 19.2 Å². The van der Waals surface area contributed by atoms with Crippen molar-refractivity contribution >= 4 is 17.6 Å². The highest BCUT2D eigenvalue weighted by molar-refractivity contribution is 5.85. The first-order chi connectivity index (χ1) is 9.31. The van der Waals surface area contributed by atoms with Gasteiger partial charge in [0.1, 0.15) is 5.75 Å². The van der Waals surface area contributed by atoms with Gasteiger partial charge < -0.3 is 20.9 Å². The third-order valence-corrected chi connectivity index (χ3v) is 2.21. The second-order valence-corrected chi connectivity index (χ2v) is 3.88. The van der Waals surface area contributed by atoms with Gasteiger partial charge in [-0.3, -0.25) is 14.9 Å². The summed E-state index contributed by atoms with van der Waals surface area (Å²) in [6.07, 6.45) is -1.63. The number of nitrogens with two attached hydrogens (primary N) is 1. The highest BCUT2D eigenvalue weighted by Gasteiger charge is 2.23. The Morgan fingerprint density at radius 1 is 1.40 bits per heavy atom. The number of carboxylic acids is 1. The van der Waals surface area contributed by atoms with E-state index in [1.165, 1.54) is 19.1 Å². The Hall–Kier alpha value is -2.68. The molecule has 20 heavy (non-hydrogen) atoms. The molecule has 0 fully saturated rings. The van der Waals surface area contributed by atoms with Crippen molar-refractivity contribution in [3.63, 3.8) is 0 Å². The van der Waals surface area contributed by atoms with Crippen LogP contribution in [0.25, 0.3) is 0 Å². The maximum absolute atomic E-state index is 11.3. The lowest BCUT2D eigenvalue weighted by Crippen LogP contribution is -2.50. The number of nitro benzene ring substituents is 1. The summed E-state index contributed by atoms with van der Waals surface area (Å²) in [6, 6.07) is 3.87. The van der Waals surface area contributed by atoms with Crippen molar-refractivity contribution in [2.24, 2.45) is 5.73 Å². The first-order valence-electron chi connectivity index (χ1n) is 5.51. The number of benzene rings is 1. The van der Waals surface area contributed by atoms with Gasteiger partial charge in [0.25, 0.3) is 11.9 Å². The van der Waals surface area contributed by atoms with Crippen molar-refractivity contribution in [2.75, 3.05) is 0 Å². The molecule has 0 spiro atoms. The van der Waals surface area contributed by atoms with E-state index in [-0.39, 0.29) is 11.4 Å². The minimum Gasteiger partial charge on any atom is -0.477 e. The zero-order valence-electron chi connectivity index (χ0n) is 10.5. The molecule has 0 aromatic heterocycles. The van der Waals surface area contributed by atoms with Crippen LogP contribution in [0.5, 0.6) is 5.75 Å². The molecule has 0 aliphatic carbocycles. The molecule has 108 valence electrons. The molecule has 0 aliphatic rings. The number of nitrogens with zero attached hydrogens (tertiary/aromatic N) is 1. The number of carbonyl (C=O) groups is 2. The van der Waals surface area contributed by atoms with Crippen LogP contribution in [-0.4, -0.2) is 34.2 Å². The van der Waals surface area contributed by atoms with Gasteiger partial charge in [-0.15, -0.1) is 0 Å². The van der Waals surface area contributed by atoms with Gasteiger partial charge in [0.2, 0.25) is 5.91 Å². The first-order valence-corrected chi connectivity index (χ1v) is 5.51. The number of hydrogen-bond donors (Lipinski definition) is 3. The summed E-state index contributed by atoms with van der Waals surface area (Å²) in [6.45, 7) is 1.39. The molecule has 0 saturated carbocycles. The summed E-state index contributed by atoms with van der Waals surface area (Å²) in [5, 5.41) is 21.5. The molecular weight excluding hydrogens is 270 g/mol. The second kappa shape index (κ2) is 6.48. The van der Waals surface area contributed by atoms with E-state index < -0.39 is 29.1 Å².